The van der Waals surface area contributed by atoms with E-state index in [2.05, 4.69) is 31.3 Å². The number of rotatable bonds is 4. The Bertz CT molecular complexity index is 888. The van der Waals surface area contributed by atoms with Gasteiger partial charge < -0.3 is 5.32 Å². The first-order valence-electron chi connectivity index (χ1n) is 7.67. The van der Waals surface area contributed by atoms with E-state index in [4.69, 9.17) is 0 Å². The van der Waals surface area contributed by atoms with Crippen molar-refractivity contribution >= 4 is 22.2 Å². The van der Waals surface area contributed by atoms with Crippen LogP contribution in [0.25, 0.3) is 10.8 Å². The monoisotopic (exact) mass is 301 g/mol. The minimum absolute atomic E-state index is 0.000866. The smallest absolute Gasteiger partial charge is 0.187 e. The van der Waals surface area contributed by atoms with Crippen molar-refractivity contribution < 1.29 is 4.79 Å². The first-order chi connectivity index (χ1) is 11.1. The molecular formula is C21H19NO. The van der Waals surface area contributed by atoms with Gasteiger partial charge in [0.25, 0.3) is 0 Å². The molecule has 0 spiro atoms. The third-order valence-electron chi connectivity index (χ3n) is 3.91. The number of ketones is 1. The standard InChI is InChI=1S/C21H19NO/c1-15-10-11-20(16(2)14-15)22-13-12-21(23)19-9-5-7-17-6-3-4-8-18(17)19/h3-14,22H,1-2H3/b13-12+. The second kappa shape index (κ2) is 6.49. The lowest BCUT2D eigenvalue weighted by Gasteiger charge is -2.06. The number of aryl methyl sites for hydroxylation is 2. The van der Waals surface area contributed by atoms with Gasteiger partial charge in [0.15, 0.2) is 5.78 Å². The van der Waals surface area contributed by atoms with E-state index in [9.17, 15) is 4.79 Å². The average molecular weight is 301 g/mol. The van der Waals surface area contributed by atoms with Crippen LogP contribution in [-0.4, -0.2) is 5.78 Å². The quantitative estimate of drug-likeness (QED) is 0.525. The topological polar surface area (TPSA) is 29.1 Å². The van der Waals surface area contributed by atoms with Crippen LogP contribution in [0.1, 0.15) is 21.5 Å². The lowest BCUT2D eigenvalue weighted by Crippen LogP contribution is -1.98. The van der Waals surface area contributed by atoms with Crippen molar-refractivity contribution in [2.24, 2.45) is 0 Å². The number of carbonyl (C=O) groups excluding carboxylic acids is 1. The molecule has 0 aliphatic carbocycles. The Hall–Kier alpha value is -2.87. The van der Waals surface area contributed by atoms with Crippen molar-refractivity contribution in [1.29, 1.82) is 0 Å². The Morgan fingerprint density at radius 1 is 0.957 bits per heavy atom. The fourth-order valence-electron chi connectivity index (χ4n) is 2.71. The van der Waals surface area contributed by atoms with Crippen LogP contribution in [0.15, 0.2) is 72.9 Å². The van der Waals surface area contributed by atoms with E-state index in [0.29, 0.717) is 0 Å². The summed E-state index contributed by atoms with van der Waals surface area (Å²) in [7, 11) is 0. The third kappa shape index (κ3) is 3.32. The van der Waals surface area contributed by atoms with E-state index in [1.54, 1.807) is 12.3 Å². The van der Waals surface area contributed by atoms with Gasteiger partial charge in [0.1, 0.15) is 0 Å². The Morgan fingerprint density at radius 2 is 1.74 bits per heavy atom. The van der Waals surface area contributed by atoms with Crippen LogP contribution in [0.3, 0.4) is 0 Å². The maximum atomic E-state index is 12.5. The van der Waals surface area contributed by atoms with Gasteiger partial charge in [0.2, 0.25) is 0 Å². The van der Waals surface area contributed by atoms with Gasteiger partial charge in [0, 0.05) is 23.5 Å². The number of allylic oxidation sites excluding steroid dienone is 1. The van der Waals surface area contributed by atoms with Crippen LogP contribution in [0.2, 0.25) is 0 Å². The van der Waals surface area contributed by atoms with Crippen LogP contribution in [0, 0.1) is 13.8 Å². The van der Waals surface area contributed by atoms with Crippen molar-refractivity contribution in [1.82, 2.24) is 0 Å². The maximum absolute atomic E-state index is 12.5. The van der Waals surface area contributed by atoms with Crippen LogP contribution in [0.5, 0.6) is 0 Å². The molecule has 0 bridgehead atoms. The fraction of sp³-hybridized carbons (Fsp3) is 0.0952. The highest BCUT2D eigenvalue weighted by Gasteiger charge is 2.06. The van der Waals surface area contributed by atoms with E-state index in [1.807, 2.05) is 48.5 Å². The summed E-state index contributed by atoms with van der Waals surface area (Å²) in [4.78, 5) is 12.5. The predicted octanol–water partition coefficient (Wildman–Crippen LogP) is 5.27. The van der Waals surface area contributed by atoms with Gasteiger partial charge in [-0.25, -0.2) is 0 Å². The minimum atomic E-state index is -0.000866. The number of nitrogens with one attached hydrogen (secondary N) is 1. The molecule has 3 rings (SSSR count). The molecule has 0 aliphatic heterocycles. The number of hydrogen-bond donors (Lipinski definition) is 1. The molecule has 0 aliphatic rings. The average Bonchev–Trinajstić information content (AvgIpc) is 2.56. The second-order valence-corrected chi connectivity index (χ2v) is 5.69. The minimum Gasteiger partial charge on any atom is -0.361 e. The van der Waals surface area contributed by atoms with Gasteiger partial charge in [-0.05, 0) is 36.2 Å². The molecular weight excluding hydrogens is 282 g/mol. The summed E-state index contributed by atoms with van der Waals surface area (Å²) in [5.41, 5.74) is 4.12. The Labute approximate surface area is 136 Å². The molecule has 2 heteroatoms. The summed E-state index contributed by atoms with van der Waals surface area (Å²) in [6, 6.07) is 19.9. The highest BCUT2D eigenvalue weighted by Crippen LogP contribution is 2.20. The molecule has 0 unspecified atom stereocenters. The first kappa shape index (κ1) is 15.0. The van der Waals surface area contributed by atoms with E-state index in [1.165, 1.54) is 5.56 Å². The van der Waals surface area contributed by atoms with Gasteiger partial charge >= 0.3 is 0 Å². The normalized spacial score (nSPS) is 11.0. The van der Waals surface area contributed by atoms with Crippen molar-refractivity contribution in [2.75, 3.05) is 5.32 Å². The molecule has 0 aromatic heterocycles. The molecule has 23 heavy (non-hydrogen) atoms. The SMILES string of the molecule is Cc1ccc(N/C=C/C(=O)c2cccc3ccccc23)c(C)c1. The summed E-state index contributed by atoms with van der Waals surface area (Å²) in [6.07, 6.45) is 3.29. The van der Waals surface area contributed by atoms with E-state index >= 15 is 0 Å². The zero-order valence-corrected chi connectivity index (χ0v) is 13.3. The number of anilines is 1. The molecule has 3 aromatic rings. The highest BCUT2D eigenvalue weighted by molar-refractivity contribution is 6.13. The first-order valence-corrected chi connectivity index (χ1v) is 7.67. The van der Waals surface area contributed by atoms with E-state index < -0.39 is 0 Å². The van der Waals surface area contributed by atoms with Gasteiger partial charge in [-0.1, -0.05) is 60.2 Å². The molecule has 0 saturated heterocycles. The largest absolute Gasteiger partial charge is 0.361 e. The summed E-state index contributed by atoms with van der Waals surface area (Å²) in [5.74, 6) is -0.000866. The maximum Gasteiger partial charge on any atom is 0.187 e. The van der Waals surface area contributed by atoms with Crippen molar-refractivity contribution in [2.45, 2.75) is 13.8 Å². The summed E-state index contributed by atoms with van der Waals surface area (Å²) < 4.78 is 0. The van der Waals surface area contributed by atoms with Gasteiger partial charge in [-0.2, -0.15) is 0 Å². The van der Waals surface area contributed by atoms with E-state index in [-0.39, 0.29) is 5.78 Å². The van der Waals surface area contributed by atoms with Gasteiger partial charge in [0.05, 0.1) is 0 Å². The molecule has 2 nitrogen and oxygen atoms in total. The molecule has 0 heterocycles. The summed E-state index contributed by atoms with van der Waals surface area (Å²) in [5, 5.41) is 5.25. The number of carbonyl (C=O) groups is 1. The zero-order valence-electron chi connectivity index (χ0n) is 13.3. The van der Waals surface area contributed by atoms with E-state index in [0.717, 1.165) is 27.6 Å². The molecule has 1 N–H and O–H groups in total. The van der Waals surface area contributed by atoms with Gasteiger partial charge in [-0.3, -0.25) is 4.79 Å². The van der Waals surface area contributed by atoms with Crippen LogP contribution < -0.4 is 5.32 Å². The van der Waals surface area contributed by atoms with Crippen molar-refractivity contribution in [3.8, 4) is 0 Å². The Morgan fingerprint density at radius 3 is 2.57 bits per heavy atom. The number of benzene rings is 3. The molecule has 114 valence electrons. The molecule has 3 aromatic carbocycles. The molecule has 0 saturated carbocycles. The highest BCUT2D eigenvalue weighted by atomic mass is 16.1. The lowest BCUT2D eigenvalue weighted by atomic mass is 10.0. The number of fused-ring (bicyclic) bond motifs is 1. The molecule has 0 amide bonds. The third-order valence-corrected chi connectivity index (χ3v) is 3.91. The van der Waals surface area contributed by atoms with Crippen molar-refractivity contribution in [3.63, 3.8) is 0 Å². The second-order valence-electron chi connectivity index (χ2n) is 5.69. The lowest BCUT2D eigenvalue weighted by molar-refractivity contribution is 0.104. The Balaban J connectivity index is 1.80. The van der Waals surface area contributed by atoms with Crippen molar-refractivity contribution in [3.05, 3.63) is 89.6 Å². The van der Waals surface area contributed by atoms with Crippen LogP contribution in [-0.2, 0) is 0 Å². The Kier molecular flexibility index (Phi) is 4.24. The molecule has 0 atom stereocenters. The van der Waals surface area contributed by atoms with Crippen LogP contribution >= 0.6 is 0 Å². The fourth-order valence-corrected chi connectivity index (χ4v) is 2.71. The molecule has 0 radical (unpaired) electrons. The van der Waals surface area contributed by atoms with Gasteiger partial charge in [-0.15, -0.1) is 0 Å². The van der Waals surface area contributed by atoms with Crippen LogP contribution in [0.4, 0.5) is 5.69 Å². The zero-order chi connectivity index (χ0) is 16.2. The molecule has 0 fully saturated rings. The summed E-state index contributed by atoms with van der Waals surface area (Å²) in [6.45, 7) is 4.12. The summed E-state index contributed by atoms with van der Waals surface area (Å²) >= 11 is 0. The number of hydrogen-bond acceptors (Lipinski definition) is 2. The predicted molar refractivity (Wildman–Crippen MR) is 97.0 cm³/mol.